The third kappa shape index (κ3) is 3.33. The van der Waals surface area contributed by atoms with E-state index in [9.17, 15) is 4.79 Å². The van der Waals surface area contributed by atoms with Crippen LogP contribution in [0.25, 0.3) is 0 Å². The minimum atomic E-state index is 0.288. The van der Waals surface area contributed by atoms with Crippen LogP contribution in [0.2, 0.25) is 0 Å². The molecule has 2 nitrogen and oxygen atoms in total. The zero-order valence-electron chi connectivity index (χ0n) is 7.02. The second-order valence-corrected chi connectivity index (χ2v) is 3.03. The standard InChI is InChI=1S/C9H15NO/c1-8(11)4-5-9-3-2-6-10-7-9/h3,10H,2,4-7H2,1H3. The quantitative estimate of drug-likeness (QED) is 0.619. The van der Waals surface area contributed by atoms with Gasteiger partial charge in [-0.25, -0.2) is 0 Å². The van der Waals surface area contributed by atoms with Gasteiger partial charge in [-0.2, -0.15) is 0 Å². The Morgan fingerprint density at radius 2 is 2.55 bits per heavy atom. The van der Waals surface area contributed by atoms with E-state index >= 15 is 0 Å². The number of carbonyl (C=O) groups excluding carboxylic acids is 1. The summed E-state index contributed by atoms with van der Waals surface area (Å²) in [7, 11) is 0. The third-order valence-electron chi connectivity index (χ3n) is 1.90. The summed E-state index contributed by atoms with van der Waals surface area (Å²) in [5, 5.41) is 3.28. The average Bonchev–Trinajstić information content (AvgIpc) is 2.03. The van der Waals surface area contributed by atoms with E-state index in [0.29, 0.717) is 6.42 Å². The Kier molecular flexibility index (Phi) is 3.30. The first kappa shape index (κ1) is 8.47. The maximum Gasteiger partial charge on any atom is 0.130 e. The fraction of sp³-hybridized carbons (Fsp3) is 0.667. The second-order valence-electron chi connectivity index (χ2n) is 3.03. The molecular weight excluding hydrogens is 138 g/mol. The van der Waals surface area contributed by atoms with Gasteiger partial charge in [-0.3, -0.25) is 0 Å². The molecule has 0 spiro atoms. The van der Waals surface area contributed by atoms with Gasteiger partial charge in [0.15, 0.2) is 0 Å². The van der Waals surface area contributed by atoms with Gasteiger partial charge in [-0.15, -0.1) is 0 Å². The summed E-state index contributed by atoms with van der Waals surface area (Å²) in [5.41, 5.74) is 1.39. The van der Waals surface area contributed by atoms with E-state index in [0.717, 1.165) is 25.9 Å². The average molecular weight is 153 g/mol. The molecular formula is C9H15NO. The molecule has 2 heteroatoms. The van der Waals surface area contributed by atoms with Crippen LogP contribution in [0.4, 0.5) is 0 Å². The molecule has 0 radical (unpaired) electrons. The molecule has 0 unspecified atom stereocenters. The van der Waals surface area contributed by atoms with Crippen molar-refractivity contribution in [2.45, 2.75) is 26.2 Å². The zero-order valence-corrected chi connectivity index (χ0v) is 7.02. The molecule has 1 aliphatic heterocycles. The molecule has 0 saturated heterocycles. The molecule has 1 heterocycles. The molecule has 0 aromatic heterocycles. The van der Waals surface area contributed by atoms with Crippen molar-refractivity contribution in [1.29, 1.82) is 0 Å². The first-order valence-corrected chi connectivity index (χ1v) is 4.17. The topological polar surface area (TPSA) is 29.1 Å². The largest absolute Gasteiger partial charge is 0.313 e. The Balaban J connectivity index is 2.24. The highest BCUT2D eigenvalue weighted by Gasteiger charge is 2.03. The lowest BCUT2D eigenvalue weighted by atomic mass is 10.1. The molecule has 1 N–H and O–H groups in total. The third-order valence-corrected chi connectivity index (χ3v) is 1.90. The minimum absolute atomic E-state index is 0.288. The Hall–Kier alpha value is -0.630. The SMILES string of the molecule is CC(=O)CCC1=CCCNC1. The van der Waals surface area contributed by atoms with Crippen LogP contribution < -0.4 is 5.32 Å². The van der Waals surface area contributed by atoms with Crippen molar-refractivity contribution < 1.29 is 4.79 Å². The van der Waals surface area contributed by atoms with E-state index in [2.05, 4.69) is 11.4 Å². The fourth-order valence-corrected chi connectivity index (χ4v) is 1.23. The predicted molar refractivity (Wildman–Crippen MR) is 45.5 cm³/mol. The first-order valence-electron chi connectivity index (χ1n) is 4.17. The lowest BCUT2D eigenvalue weighted by molar-refractivity contribution is -0.116. The maximum atomic E-state index is 10.6. The number of nitrogens with one attached hydrogen (secondary N) is 1. The summed E-state index contributed by atoms with van der Waals surface area (Å²) in [4.78, 5) is 10.6. The van der Waals surface area contributed by atoms with Gasteiger partial charge in [0.05, 0.1) is 0 Å². The summed E-state index contributed by atoms with van der Waals surface area (Å²) in [6, 6.07) is 0. The zero-order chi connectivity index (χ0) is 8.10. The van der Waals surface area contributed by atoms with Gasteiger partial charge in [-0.05, 0) is 26.3 Å². The van der Waals surface area contributed by atoms with E-state index < -0.39 is 0 Å². The summed E-state index contributed by atoms with van der Waals surface area (Å²) in [6.07, 6.45) is 5.02. The molecule has 0 bridgehead atoms. The van der Waals surface area contributed by atoms with Gasteiger partial charge in [0.2, 0.25) is 0 Å². The van der Waals surface area contributed by atoms with Gasteiger partial charge in [0.25, 0.3) is 0 Å². The van der Waals surface area contributed by atoms with Crippen LogP contribution in [0.15, 0.2) is 11.6 Å². The van der Waals surface area contributed by atoms with E-state index in [1.54, 1.807) is 6.92 Å². The molecule has 11 heavy (non-hydrogen) atoms. The number of hydrogen-bond donors (Lipinski definition) is 1. The molecule has 0 aliphatic carbocycles. The van der Waals surface area contributed by atoms with E-state index in [-0.39, 0.29) is 5.78 Å². The lowest BCUT2D eigenvalue weighted by Gasteiger charge is -2.12. The number of rotatable bonds is 3. The van der Waals surface area contributed by atoms with Gasteiger partial charge in [0, 0.05) is 13.0 Å². The normalized spacial score (nSPS) is 17.7. The van der Waals surface area contributed by atoms with Crippen LogP contribution in [-0.4, -0.2) is 18.9 Å². The van der Waals surface area contributed by atoms with E-state index in [1.807, 2.05) is 0 Å². The summed E-state index contributed by atoms with van der Waals surface area (Å²) in [5.74, 6) is 0.288. The Labute approximate surface area is 67.7 Å². The molecule has 0 amide bonds. The van der Waals surface area contributed by atoms with E-state index in [4.69, 9.17) is 0 Å². The van der Waals surface area contributed by atoms with Crippen molar-refractivity contribution in [1.82, 2.24) is 5.32 Å². The summed E-state index contributed by atoms with van der Waals surface area (Å²) >= 11 is 0. The molecule has 62 valence electrons. The van der Waals surface area contributed by atoms with Gasteiger partial charge >= 0.3 is 0 Å². The second kappa shape index (κ2) is 4.29. The van der Waals surface area contributed by atoms with Gasteiger partial charge < -0.3 is 10.1 Å². The van der Waals surface area contributed by atoms with Crippen LogP contribution in [0.1, 0.15) is 26.2 Å². The molecule has 0 aromatic carbocycles. The number of ketones is 1. The van der Waals surface area contributed by atoms with Crippen molar-refractivity contribution in [3.05, 3.63) is 11.6 Å². The molecule has 1 aliphatic rings. The molecule has 0 atom stereocenters. The van der Waals surface area contributed by atoms with Crippen molar-refractivity contribution in [2.24, 2.45) is 0 Å². The van der Waals surface area contributed by atoms with Gasteiger partial charge in [-0.1, -0.05) is 11.6 Å². The Morgan fingerprint density at radius 1 is 1.73 bits per heavy atom. The highest BCUT2D eigenvalue weighted by atomic mass is 16.1. The number of carbonyl (C=O) groups is 1. The van der Waals surface area contributed by atoms with Crippen LogP contribution in [0.3, 0.4) is 0 Å². The predicted octanol–water partition coefficient (Wildman–Crippen LogP) is 1.28. The lowest BCUT2D eigenvalue weighted by Crippen LogP contribution is -2.22. The van der Waals surface area contributed by atoms with Crippen LogP contribution in [0, 0.1) is 0 Å². The summed E-state index contributed by atoms with van der Waals surface area (Å²) < 4.78 is 0. The molecule has 0 fully saturated rings. The maximum absolute atomic E-state index is 10.6. The van der Waals surface area contributed by atoms with Crippen molar-refractivity contribution in [3.8, 4) is 0 Å². The molecule has 0 saturated carbocycles. The Morgan fingerprint density at radius 3 is 3.09 bits per heavy atom. The highest BCUT2D eigenvalue weighted by Crippen LogP contribution is 2.08. The van der Waals surface area contributed by atoms with Crippen molar-refractivity contribution in [2.75, 3.05) is 13.1 Å². The van der Waals surface area contributed by atoms with Crippen LogP contribution >= 0.6 is 0 Å². The van der Waals surface area contributed by atoms with Crippen LogP contribution in [0.5, 0.6) is 0 Å². The summed E-state index contributed by atoms with van der Waals surface area (Å²) in [6.45, 7) is 3.72. The highest BCUT2D eigenvalue weighted by molar-refractivity contribution is 5.75. The number of Topliss-reactive ketones (excluding diaryl/α,β-unsaturated/α-hetero) is 1. The number of hydrogen-bond acceptors (Lipinski definition) is 2. The molecule has 1 rings (SSSR count). The Bertz CT molecular complexity index is 172. The smallest absolute Gasteiger partial charge is 0.130 e. The fourth-order valence-electron chi connectivity index (χ4n) is 1.23. The van der Waals surface area contributed by atoms with Crippen molar-refractivity contribution >= 4 is 5.78 Å². The van der Waals surface area contributed by atoms with E-state index in [1.165, 1.54) is 5.57 Å². The monoisotopic (exact) mass is 153 g/mol. The first-order chi connectivity index (χ1) is 5.29. The van der Waals surface area contributed by atoms with Crippen LogP contribution in [-0.2, 0) is 4.79 Å². The van der Waals surface area contributed by atoms with Gasteiger partial charge in [0.1, 0.15) is 5.78 Å². The van der Waals surface area contributed by atoms with Crippen molar-refractivity contribution in [3.63, 3.8) is 0 Å². The minimum Gasteiger partial charge on any atom is -0.313 e. The molecule has 0 aromatic rings.